The van der Waals surface area contributed by atoms with E-state index in [1.165, 1.54) is 12.8 Å². The molecule has 16 heavy (non-hydrogen) atoms. The van der Waals surface area contributed by atoms with Crippen LogP contribution in [-0.2, 0) is 0 Å². The highest BCUT2D eigenvalue weighted by atomic mass is 16.3. The van der Waals surface area contributed by atoms with E-state index in [0.29, 0.717) is 12.6 Å². The van der Waals surface area contributed by atoms with Gasteiger partial charge >= 0.3 is 0 Å². The van der Waals surface area contributed by atoms with Gasteiger partial charge in [-0.1, -0.05) is 0 Å². The highest BCUT2D eigenvalue weighted by Crippen LogP contribution is 2.37. The Balaban J connectivity index is 2.08. The maximum atomic E-state index is 5.87. The van der Waals surface area contributed by atoms with Gasteiger partial charge in [0.2, 0.25) is 0 Å². The summed E-state index contributed by atoms with van der Waals surface area (Å²) >= 11 is 0. The van der Waals surface area contributed by atoms with E-state index < -0.39 is 0 Å². The number of hydrogen-bond acceptors (Lipinski definition) is 3. The number of furan rings is 1. The first-order valence-electron chi connectivity index (χ1n) is 6.11. The van der Waals surface area contributed by atoms with Crippen LogP contribution in [-0.4, -0.2) is 24.5 Å². The molecule has 2 unspecified atom stereocenters. The molecule has 2 rings (SSSR count). The molecule has 1 saturated carbocycles. The molecule has 3 heteroatoms. The Kier molecular flexibility index (Phi) is 3.36. The summed E-state index contributed by atoms with van der Waals surface area (Å²) in [5.41, 5.74) is 5.87. The number of likely N-dealkylation sites (N-methyl/N-ethyl adjacent to an activating group) is 1. The number of nitrogens with two attached hydrogens (primary N) is 1. The molecule has 1 aromatic heterocycles. The summed E-state index contributed by atoms with van der Waals surface area (Å²) in [6, 6.07) is 4.86. The second-order valence-electron chi connectivity index (χ2n) is 4.94. The third-order valence-corrected chi connectivity index (χ3v) is 3.75. The van der Waals surface area contributed by atoms with Crippen molar-refractivity contribution in [1.82, 2.24) is 4.90 Å². The zero-order valence-corrected chi connectivity index (χ0v) is 10.4. The minimum absolute atomic E-state index is 0.212. The fourth-order valence-electron chi connectivity index (χ4n) is 2.31. The quantitative estimate of drug-likeness (QED) is 0.831. The molecular formula is C13H22N2O. The van der Waals surface area contributed by atoms with Crippen molar-refractivity contribution >= 4 is 0 Å². The first-order chi connectivity index (χ1) is 7.63. The van der Waals surface area contributed by atoms with Crippen LogP contribution in [0.2, 0.25) is 0 Å². The Bertz CT molecular complexity index is 343. The standard InChI is InChI=1S/C13H22N2O/c1-9-4-7-13(16-9)12(8-14)15(3)10(2)11-5-6-11/h4,7,10-12H,5-6,8,14H2,1-3H3. The summed E-state index contributed by atoms with van der Waals surface area (Å²) < 4.78 is 5.69. The van der Waals surface area contributed by atoms with E-state index in [9.17, 15) is 0 Å². The van der Waals surface area contributed by atoms with E-state index in [-0.39, 0.29) is 6.04 Å². The van der Waals surface area contributed by atoms with Crippen molar-refractivity contribution in [2.24, 2.45) is 11.7 Å². The van der Waals surface area contributed by atoms with Gasteiger partial charge in [0.05, 0.1) is 6.04 Å². The van der Waals surface area contributed by atoms with Crippen LogP contribution >= 0.6 is 0 Å². The monoisotopic (exact) mass is 222 g/mol. The van der Waals surface area contributed by atoms with E-state index in [4.69, 9.17) is 10.2 Å². The molecule has 3 nitrogen and oxygen atoms in total. The van der Waals surface area contributed by atoms with Gasteiger partial charge in [-0.3, -0.25) is 4.90 Å². The molecule has 0 aliphatic heterocycles. The van der Waals surface area contributed by atoms with Crippen molar-refractivity contribution in [2.75, 3.05) is 13.6 Å². The average Bonchev–Trinajstić information content (AvgIpc) is 3.03. The fourth-order valence-corrected chi connectivity index (χ4v) is 2.31. The lowest BCUT2D eigenvalue weighted by atomic mass is 10.1. The summed E-state index contributed by atoms with van der Waals surface area (Å²) in [6.45, 7) is 4.87. The highest BCUT2D eigenvalue weighted by Gasteiger charge is 2.34. The molecule has 0 spiro atoms. The Hall–Kier alpha value is -0.800. The third kappa shape index (κ3) is 2.30. The molecule has 90 valence electrons. The SMILES string of the molecule is Cc1ccc(C(CN)N(C)C(C)C2CC2)o1. The van der Waals surface area contributed by atoms with Gasteiger partial charge < -0.3 is 10.2 Å². The summed E-state index contributed by atoms with van der Waals surface area (Å²) in [6.07, 6.45) is 2.72. The maximum Gasteiger partial charge on any atom is 0.122 e. The minimum Gasteiger partial charge on any atom is -0.465 e. The normalized spacial score (nSPS) is 20.1. The second kappa shape index (κ2) is 4.60. The number of aryl methyl sites for hydroxylation is 1. The van der Waals surface area contributed by atoms with Crippen molar-refractivity contribution in [3.05, 3.63) is 23.7 Å². The van der Waals surface area contributed by atoms with Crippen molar-refractivity contribution in [3.8, 4) is 0 Å². The fraction of sp³-hybridized carbons (Fsp3) is 0.692. The maximum absolute atomic E-state index is 5.87. The first-order valence-corrected chi connectivity index (χ1v) is 6.11. The van der Waals surface area contributed by atoms with E-state index in [1.54, 1.807) is 0 Å². The first kappa shape index (κ1) is 11.7. The van der Waals surface area contributed by atoms with Gasteiger partial charge in [0.25, 0.3) is 0 Å². The Morgan fingerprint density at radius 2 is 2.19 bits per heavy atom. The Morgan fingerprint density at radius 1 is 1.50 bits per heavy atom. The summed E-state index contributed by atoms with van der Waals surface area (Å²) in [7, 11) is 2.15. The van der Waals surface area contributed by atoms with Gasteiger partial charge in [-0.05, 0) is 51.8 Å². The molecule has 2 N–H and O–H groups in total. The molecule has 1 aromatic rings. The number of rotatable bonds is 5. The summed E-state index contributed by atoms with van der Waals surface area (Å²) in [5, 5.41) is 0. The molecular weight excluding hydrogens is 200 g/mol. The van der Waals surface area contributed by atoms with Crippen LogP contribution in [0.4, 0.5) is 0 Å². The van der Waals surface area contributed by atoms with Crippen molar-refractivity contribution < 1.29 is 4.42 Å². The second-order valence-corrected chi connectivity index (χ2v) is 4.94. The Morgan fingerprint density at radius 3 is 2.62 bits per heavy atom. The zero-order chi connectivity index (χ0) is 11.7. The highest BCUT2D eigenvalue weighted by molar-refractivity contribution is 5.11. The minimum atomic E-state index is 0.212. The average molecular weight is 222 g/mol. The van der Waals surface area contributed by atoms with Gasteiger partial charge in [-0.15, -0.1) is 0 Å². The molecule has 2 atom stereocenters. The summed E-state index contributed by atoms with van der Waals surface area (Å²) in [5.74, 6) is 2.81. The van der Waals surface area contributed by atoms with Crippen molar-refractivity contribution in [2.45, 2.75) is 38.8 Å². The van der Waals surface area contributed by atoms with E-state index in [0.717, 1.165) is 17.4 Å². The molecule has 0 saturated heterocycles. The van der Waals surface area contributed by atoms with Gasteiger partial charge in [-0.2, -0.15) is 0 Å². The van der Waals surface area contributed by atoms with Crippen LogP contribution in [0, 0.1) is 12.8 Å². The predicted molar refractivity (Wildman–Crippen MR) is 65.2 cm³/mol. The molecule has 1 fully saturated rings. The van der Waals surface area contributed by atoms with E-state index in [1.807, 2.05) is 19.1 Å². The lowest BCUT2D eigenvalue weighted by Crippen LogP contribution is -2.38. The van der Waals surface area contributed by atoms with Crippen LogP contribution < -0.4 is 5.73 Å². The van der Waals surface area contributed by atoms with E-state index >= 15 is 0 Å². The van der Waals surface area contributed by atoms with Crippen LogP contribution in [0.5, 0.6) is 0 Å². The lowest BCUT2D eigenvalue weighted by Gasteiger charge is -2.31. The molecule has 0 amide bonds. The molecule has 1 aliphatic rings. The van der Waals surface area contributed by atoms with Crippen LogP contribution in [0.25, 0.3) is 0 Å². The van der Waals surface area contributed by atoms with Crippen molar-refractivity contribution in [3.63, 3.8) is 0 Å². The summed E-state index contributed by atoms with van der Waals surface area (Å²) in [4.78, 5) is 2.36. The van der Waals surface area contributed by atoms with Crippen molar-refractivity contribution in [1.29, 1.82) is 0 Å². The van der Waals surface area contributed by atoms with Crippen LogP contribution in [0.1, 0.15) is 37.3 Å². The zero-order valence-electron chi connectivity index (χ0n) is 10.4. The van der Waals surface area contributed by atoms with Gasteiger partial charge in [0.1, 0.15) is 11.5 Å². The van der Waals surface area contributed by atoms with E-state index in [2.05, 4.69) is 18.9 Å². The predicted octanol–water partition coefficient (Wildman–Crippen LogP) is 2.32. The van der Waals surface area contributed by atoms with Gasteiger partial charge in [-0.25, -0.2) is 0 Å². The molecule has 1 aliphatic carbocycles. The molecule has 0 bridgehead atoms. The molecule has 0 aromatic carbocycles. The largest absolute Gasteiger partial charge is 0.465 e. The smallest absolute Gasteiger partial charge is 0.122 e. The van der Waals surface area contributed by atoms with Crippen LogP contribution in [0.15, 0.2) is 16.5 Å². The third-order valence-electron chi connectivity index (χ3n) is 3.75. The topological polar surface area (TPSA) is 42.4 Å². The van der Waals surface area contributed by atoms with Gasteiger partial charge in [0.15, 0.2) is 0 Å². The Labute approximate surface area is 97.6 Å². The van der Waals surface area contributed by atoms with Gasteiger partial charge in [0, 0.05) is 12.6 Å². The lowest BCUT2D eigenvalue weighted by molar-refractivity contribution is 0.152. The molecule has 0 radical (unpaired) electrons. The number of nitrogens with zero attached hydrogens (tertiary/aromatic N) is 1. The van der Waals surface area contributed by atoms with Crippen LogP contribution in [0.3, 0.4) is 0 Å². The molecule has 1 heterocycles. The number of hydrogen-bond donors (Lipinski definition) is 1.